The minimum Gasteiger partial charge on any atom is -0.386 e. The van der Waals surface area contributed by atoms with Crippen LogP contribution in [0.3, 0.4) is 0 Å². The molecule has 98 valence electrons. The van der Waals surface area contributed by atoms with Crippen molar-refractivity contribution in [1.29, 1.82) is 0 Å². The molecular weight excluding hydrogens is 246 g/mol. The van der Waals surface area contributed by atoms with Crippen molar-refractivity contribution in [3.8, 4) is 0 Å². The van der Waals surface area contributed by atoms with E-state index in [2.05, 4.69) is 29.8 Å². The summed E-state index contributed by atoms with van der Waals surface area (Å²) in [5.41, 5.74) is 0.921. The number of hydrogen-bond donors (Lipinski definition) is 2. The first kappa shape index (κ1) is 13.5. The van der Waals surface area contributed by atoms with Crippen LogP contribution in [0.4, 0.5) is 0 Å². The second kappa shape index (κ2) is 6.85. The molecule has 0 aliphatic carbocycles. The van der Waals surface area contributed by atoms with Gasteiger partial charge in [0.15, 0.2) is 0 Å². The molecule has 0 fully saturated rings. The SMILES string of the molecule is CCNCCOCC(O)c1ccc2sccc2c1. The largest absolute Gasteiger partial charge is 0.386 e. The number of likely N-dealkylation sites (N-methyl/N-ethyl adjacent to an activating group) is 1. The average Bonchev–Trinajstić information content (AvgIpc) is 2.85. The Hall–Kier alpha value is -0.940. The van der Waals surface area contributed by atoms with Gasteiger partial charge in [0.1, 0.15) is 6.10 Å². The van der Waals surface area contributed by atoms with Crippen LogP contribution in [0.2, 0.25) is 0 Å². The van der Waals surface area contributed by atoms with E-state index < -0.39 is 6.10 Å². The molecule has 0 aliphatic rings. The predicted octanol–water partition coefficient (Wildman–Crippen LogP) is 2.56. The van der Waals surface area contributed by atoms with Crippen molar-refractivity contribution in [2.45, 2.75) is 13.0 Å². The summed E-state index contributed by atoms with van der Waals surface area (Å²) in [7, 11) is 0. The molecule has 4 heteroatoms. The van der Waals surface area contributed by atoms with Crippen molar-refractivity contribution in [2.75, 3.05) is 26.3 Å². The van der Waals surface area contributed by atoms with Crippen LogP contribution in [0.1, 0.15) is 18.6 Å². The van der Waals surface area contributed by atoms with Crippen LogP contribution < -0.4 is 5.32 Å². The van der Waals surface area contributed by atoms with Crippen molar-refractivity contribution in [3.05, 3.63) is 35.2 Å². The Morgan fingerprint density at radius 2 is 2.28 bits per heavy atom. The lowest BCUT2D eigenvalue weighted by atomic mass is 10.1. The van der Waals surface area contributed by atoms with E-state index in [-0.39, 0.29) is 0 Å². The minimum absolute atomic E-state index is 0.348. The highest BCUT2D eigenvalue weighted by Crippen LogP contribution is 2.24. The average molecular weight is 265 g/mol. The third-order valence-corrected chi connectivity index (χ3v) is 3.71. The number of rotatable bonds is 7. The number of aliphatic hydroxyl groups is 1. The zero-order valence-corrected chi connectivity index (χ0v) is 11.4. The van der Waals surface area contributed by atoms with Gasteiger partial charge >= 0.3 is 0 Å². The standard InChI is InChI=1S/C14H19NO2S/c1-2-15-6-7-17-10-13(16)11-3-4-14-12(9-11)5-8-18-14/h3-5,8-9,13,15-16H,2,6-7,10H2,1H3. The van der Waals surface area contributed by atoms with Crippen molar-refractivity contribution in [2.24, 2.45) is 0 Å². The number of aliphatic hydroxyl groups excluding tert-OH is 1. The Balaban J connectivity index is 1.85. The first-order valence-corrected chi connectivity index (χ1v) is 7.13. The lowest BCUT2D eigenvalue weighted by Gasteiger charge is -2.12. The first-order chi connectivity index (χ1) is 8.81. The molecule has 0 saturated heterocycles. The highest BCUT2D eigenvalue weighted by molar-refractivity contribution is 7.17. The van der Waals surface area contributed by atoms with Crippen LogP contribution >= 0.6 is 11.3 Å². The van der Waals surface area contributed by atoms with Gasteiger partial charge < -0.3 is 15.2 Å². The molecule has 0 radical (unpaired) electrons. The van der Waals surface area contributed by atoms with Gasteiger partial charge in [-0.15, -0.1) is 11.3 Å². The number of ether oxygens (including phenoxy) is 1. The summed E-state index contributed by atoms with van der Waals surface area (Å²) in [6.07, 6.45) is -0.545. The Morgan fingerprint density at radius 3 is 3.11 bits per heavy atom. The molecule has 1 unspecified atom stereocenters. The van der Waals surface area contributed by atoms with E-state index in [1.165, 1.54) is 10.1 Å². The summed E-state index contributed by atoms with van der Waals surface area (Å²) < 4.78 is 6.68. The minimum atomic E-state index is -0.545. The van der Waals surface area contributed by atoms with Crippen LogP contribution in [0.5, 0.6) is 0 Å². The van der Waals surface area contributed by atoms with Crippen LogP contribution in [-0.4, -0.2) is 31.4 Å². The molecule has 1 aromatic heterocycles. The Kier molecular flexibility index (Phi) is 5.13. The molecule has 18 heavy (non-hydrogen) atoms. The summed E-state index contributed by atoms with van der Waals surface area (Å²) in [4.78, 5) is 0. The second-order valence-electron chi connectivity index (χ2n) is 4.16. The van der Waals surface area contributed by atoms with Gasteiger partial charge in [-0.3, -0.25) is 0 Å². The normalized spacial score (nSPS) is 13.0. The summed E-state index contributed by atoms with van der Waals surface area (Å²) in [5.74, 6) is 0. The van der Waals surface area contributed by atoms with Crippen LogP contribution in [0, 0.1) is 0 Å². The molecule has 1 atom stereocenters. The quantitative estimate of drug-likeness (QED) is 0.756. The van der Waals surface area contributed by atoms with Crippen molar-refractivity contribution in [1.82, 2.24) is 5.32 Å². The zero-order chi connectivity index (χ0) is 12.8. The fraction of sp³-hybridized carbons (Fsp3) is 0.429. The smallest absolute Gasteiger partial charge is 0.102 e. The number of hydrogen-bond acceptors (Lipinski definition) is 4. The van der Waals surface area contributed by atoms with E-state index in [1.807, 2.05) is 12.1 Å². The van der Waals surface area contributed by atoms with Gasteiger partial charge in [0, 0.05) is 11.2 Å². The topological polar surface area (TPSA) is 41.5 Å². The Labute approximate surface area is 111 Å². The molecule has 1 aromatic carbocycles. The monoisotopic (exact) mass is 265 g/mol. The molecule has 2 aromatic rings. The molecule has 2 rings (SSSR count). The van der Waals surface area contributed by atoms with Gasteiger partial charge in [-0.2, -0.15) is 0 Å². The van der Waals surface area contributed by atoms with Crippen LogP contribution in [0.15, 0.2) is 29.6 Å². The molecule has 0 aliphatic heterocycles. The van der Waals surface area contributed by atoms with Gasteiger partial charge in [-0.1, -0.05) is 13.0 Å². The third-order valence-electron chi connectivity index (χ3n) is 2.81. The molecule has 0 amide bonds. The lowest BCUT2D eigenvalue weighted by molar-refractivity contribution is 0.0376. The number of nitrogens with one attached hydrogen (secondary N) is 1. The molecule has 1 heterocycles. The first-order valence-electron chi connectivity index (χ1n) is 6.25. The van der Waals surface area contributed by atoms with Crippen LogP contribution in [0.25, 0.3) is 10.1 Å². The molecule has 2 N–H and O–H groups in total. The number of thiophene rings is 1. The zero-order valence-electron chi connectivity index (χ0n) is 10.6. The Morgan fingerprint density at radius 1 is 1.39 bits per heavy atom. The second-order valence-corrected chi connectivity index (χ2v) is 5.11. The molecule has 0 spiro atoms. The van der Waals surface area contributed by atoms with Gasteiger partial charge in [0.25, 0.3) is 0 Å². The van der Waals surface area contributed by atoms with Gasteiger partial charge in [0.2, 0.25) is 0 Å². The highest BCUT2D eigenvalue weighted by Gasteiger charge is 2.08. The fourth-order valence-electron chi connectivity index (χ4n) is 1.80. The van der Waals surface area contributed by atoms with Crippen LogP contribution in [-0.2, 0) is 4.74 Å². The molecule has 0 saturated carbocycles. The third kappa shape index (κ3) is 3.53. The van der Waals surface area contributed by atoms with Gasteiger partial charge in [-0.25, -0.2) is 0 Å². The van der Waals surface area contributed by atoms with Crippen molar-refractivity contribution >= 4 is 21.4 Å². The summed E-state index contributed by atoms with van der Waals surface area (Å²) in [6.45, 7) is 4.81. The number of fused-ring (bicyclic) bond motifs is 1. The van der Waals surface area contributed by atoms with Crippen molar-refractivity contribution < 1.29 is 9.84 Å². The highest BCUT2D eigenvalue weighted by atomic mass is 32.1. The van der Waals surface area contributed by atoms with Crippen molar-refractivity contribution in [3.63, 3.8) is 0 Å². The molecule has 3 nitrogen and oxygen atoms in total. The molecular formula is C14H19NO2S. The summed E-state index contributed by atoms with van der Waals surface area (Å²) >= 11 is 1.71. The Bertz CT molecular complexity index is 483. The van der Waals surface area contributed by atoms with E-state index in [9.17, 15) is 5.11 Å². The van der Waals surface area contributed by atoms with E-state index in [4.69, 9.17) is 4.74 Å². The van der Waals surface area contributed by atoms with E-state index in [1.54, 1.807) is 11.3 Å². The van der Waals surface area contributed by atoms with Gasteiger partial charge in [0.05, 0.1) is 13.2 Å². The fourth-order valence-corrected chi connectivity index (χ4v) is 2.58. The van der Waals surface area contributed by atoms with E-state index in [0.29, 0.717) is 13.2 Å². The predicted molar refractivity (Wildman–Crippen MR) is 76.1 cm³/mol. The summed E-state index contributed by atoms with van der Waals surface area (Å²) in [6, 6.07) is 8.13. The number of benzene rings is 1. The van der Waals surface area contributed by atoms with E-state index in [0.717, 1.165) is 18.7 Å². The lowest BCUT2D eigenvalue weighted by Crippen LogP contribution is -2.20. The van der Waals surface area contributed by atoms with E-state index >= 15 is 0 Å². The maximum Gasteiger partial charge on any atom is 0.102 e. The maximum atomic E-state index is 10.0. The molecule has 0 bridgehead atoms. The van der Waals surface area contributed by atoms with Gasteiger partial charge in [-0.05, 0) is 41.1 Å². The summed E-state index contributed by atoms with van der Waals surface area (Å²) in [5, 5.41) is 16.5. The maximum absolute atomic E-state index is 10.0.